The van der Waals surface area contributed by atoms with Crippen molar-refractivity contribution in [3.05, 3.63) is 17.5 Å². The SMILES string of the molecule is Cc1c(C(=O)N(CCN)CC(F)(F)F)cnn1C. The zero-order valence-electron chi connectivity index (χ0n) is 10.2. The summed E-state index contributed by atoms with van der Waals surface area (Å²) in [6.07, 6.45) is -3.18. The molecular weight excluding hydrogens is 249 g/mol. The van der Waals surface area contributed by atoms with Crippen LogP contribution in [0.2, 0.25) is 0 Å². The van der Waals surface area contributed by atoms with Crippen LogP contribution in [0.1, 0.15) is 16.1 Å². The van der Waals surface area contributed by atoms with E-state index in [0.717, 1.165) is 0 Å². The molecule has 1 aromatic heterocycles. The molecule has 5 nitrogen and oxygen atoms in total. The number of nitrogens with zero attached hydrogens (tertiary/aromatic N) is 3. The van der Waals surface area contributed by atoms with Gasteiger partial charge in [0.05, 0.1) is 11.8 Å². The van der Waals surface area contributed by atoms with E-state index in [1.165, 1.54) is 10.9 Å². The number of carbonyl (C=O) groups is 1. The second-order valence-corrected chi connectivity index (χ2v) is 3.90. The smallest absolute Gasteiger partial charge is 0.329 e. The minimum absolute atomic E-state index is 0.0267. The van der Waals surface area contributed by atoms with Crippen molar-refractivity contribution >= 4 is 5.91 Å². The Morgan fingerprint density at radius 3 is 2.56 bits per heavy atom. The van der Waals surface area contributed by atoms with E-state index in [0.29, 0.717) is 10.6 Å². The molecule has 1 heterocycles. The van der Waals surface area contributed by atoms with E-state index in [1.54, 1.807) is 14.0 Å². The number of amides is 1. The van der Waals surface area contributed by atoms with E-state index in [4.69, 9.17) is 5.73 Å². The summed E-state index contributed by atoms with van der Waals surface area (Å²) in [5.74, 6) is -0.705. The van der Waals surface area contributed by atoms with Crippen LogP contribution in [0.5, 0.6) is 0 Å². The summed E-state index contributed by atoms with van der Waals surface area (Å²) in [6, 6.07) is 0. The molecule has 0 aliphatic rings. The summed E-state index contributed by atoms with van der Waals surface area (Å²) in [5, 5.41) is 3.83. The largest absolute Gasteiger partial charge is 0.406 e. The lowest BCUT2D eigenvalue weighted by Gasteiger charge is -2.23. The Balaban J connectivity index is 2.92. The lowest BCUT2D eigenvalue weighted by molar-refractivity contribution is -0.140. The fraction of sp³-hybridized carbons (Fsp3) is 0.600. The molecule has 8 heteroatoms. The number of hydrogen-bond acceptors (Lipinski definition) is 3. The van der Waals surface area contributed by atoms with Crippen LogP contribution in [-0.2, 0) is 7.05 Å². The van der Waals surface area contributed by atoms with Crippen molar-refractivity contribution in [2.45, 2.75) is 13.1 Å². The zero-order valence-corrected chi connectivity index (χ0v) is 10.2. The van der Waals surface area contributed by atoms with Gasteiger partial charge in [-0.25, -0.2) is 0 Å². The van der Waals surface area contributed by atoms with Crippen molar-refractivity contribution in [3.63, 3.8) is 0 Å². The summed E-state index contributed by atoms with van der Waals surface area (Å²) in [6.45, 7) is 0.139. The van der Waals surface area contributed by atoms with Crippen LogP contribution < -0.4 is 5.73 Å². The molecule has 0 saturated heterocycles. The van der Waals surface area contributed by atoms with Crippen molar-refractivity contribution < 1.29 is 18.0 Å². The van der Waals surface area contributed by atoms with Gasteiger partial charge in [0, 0.05) is 25.8 Å². The topological polar surface area (TPSA) is 64.2 Å². The molecular formula is C10H15F3N4O. The zero-order chi connectivity index (χ0) is 13.9. The number of aryl methyl sites for hydroxylation is 1. The highest BCUT2D eigenvalue weighted by molar-refractivity contribution is 5.95. The lowest BCUT2D eigenvalue weighted by Crippen LogP contribution is -2.41. The first-order chi connectivity index (χ1) is 8.26. The third kappa shape index (κ3) is 3.46. The van der Waals surface area contributed by atoms with Gasteiger partial charge in [0.15, 0.2) is 0 Å². The van der Waals surface area contributed by atoms with Gasteiger partial charge in [-0.1, -0.05) is 0 Å². The fourth-order valence-corrected chi connectivity index (χ4v) is 1.50. The summed E-state index contributed by atoms with van der Waals surface area (Å²) in [5.41, 5.74) is 5.91. The van der Waals surface area contributed by atoms with Crippen LogP contribution in [0, 0.1) is 6.92 Å². The number of halogens is 3. The molecule has 102 valence electrons. The van der Waals surface area contributed by atoms with Crippen LogP contribution >= 0.6 is 0 Å². The minimum Gasteiger partial charge on any atom is -0.329 e. The minimum atomic E-state index is -4.44. The molecule has 0 unspecified atom stereocenters. The maximum Gasteiger partial charge on any atom is 0.406 e. The Morgan fingerprint density at radius 2 is 2.17 bits per heavy atom. The maximum absolute atomic E-state index is 12.4. The van der Waals surface area contributed by atoms with E-state index in [9.17, 15) is 18.0 Å². The molecule has 1 amide bonds. The maximum atomic E-state index is 12.4. The van der Waals surface area contributed by atoms with Crippen molar-refractivity contribution in [1.29, 1.82) is 0 Å². The standard InChI is InChI=1S/C10H15F3N4O/c1-7-8(5-15-16(7)2)9(18)17(4-3-14)6-10(11,12)13/h5H,3-4,6,14H2,1-2H3. The molecule has 0 radical (unpaired) electrons. The Morgan fingerprint density at radius 1 is 1.56 bits per heavy atom. The Kier molecular flexibility index (Phi) is 4.33. The monoisotopic (exact) mass is 264 g/mol. The second kappa shape index (κ2) is 5.38. The van der Waals surface area contributed by atoms with E-state index in [-0.39, 0.29) is 18.7 Å². The molecule has 1 aromatic rings. The van der Waals surface area contributed by atoms with Gasteiger partial charge >= 0.3 is 6.18 Å². The van der Waals surface area contributed by atoms with Gasteiger partial charge < -0.3 is 10.6 Å². The second-order valence-electron chi connectivity index (χ2n) is 3.90. The van der Waals surface area contributed by atoms with Gasteiger partial charge in [-0.3, -0.25) is 9.48 Å². The van der Waals surface area contributed by atoms with Gasteiger partial charge in [0.1, 0.15) is 6.54 Å². The Bertz CT molecular complexity index is 427. The molecule has 0 aromatic carbocycles. The molecule has 0 atom stereocenters. The first-order valence-electron chi connectivity index (χ1n) is 5.31. The van der Waals surface area contributed by atoms with Crippen molar-refractivity contribution in [3.8, 4) is 0 Å². The summed E-state index contributed by atoms with van der Waals surface area (Å²) >= 11 is 0. The van der Waals surface area contributed by atoms with Crippen molar-refractivity contribution in [2.24, 2.45) is 12.8 Å². The average Bonchev–Trinajstić information content (AvgIpc) is 2.56. The van der Waals surface area contributed by atoms with Gasteiger partial charge in [-0.2, -0.15) is 18.3 Å². The fourth-order valence-electron chi connectivity index (χ4n) is 1.50. The lowest BCUT2D eigenvalue weighted by atomic mass is 10.2. The highest BCUT2D eigenvalue weighted by Crippen LogP contribution is 2.18. The number of rotatable bonds is 4. The third-order valence-corrected chi connectivity index (χ3v) is 2.52. The number of alkyl halides is 3. The quantitative estimate of drug-likeness (QED) is 0.870. The molecule has 0 fully saturated rings. The number of hydrogen-bond donors (Lipinski definition) is 1. The molecule has 2 N–H and O–H groups in total. The van der Waals surface area contributed by atoms with E-state index in [2.05, 4.69) is 5.10 Å². The normalized spacial score (nSPS) is 11.7. The molecule has 0 bridgehead atoms. The van der Waals surface area contributed by atoms with E-state index in [1.807, 2.05) is 0 Å². The van der Waals surface area contributed by atoms with Gasteiger partial charge in [-0.15, -0.1) is 0 Å². The average molecular weight is 264 g/mol. The van der Waals surface area contributed by atoms with Crippen LogP contribution in [0.4, 0.5) is 13.2 Å². The van der Waals surface area contributed by atoms with Gasteiger partial charge in [0.2, 0.25) is 0 Å². The van der Waals surface area contributed by atoms with Crippen molar-refractivity contribution in [1.82, 2.24) is 14.7 Å². The molecule has 0 aliphatic carbocycles. The number of carbonyl (C=O) groups excluding carboxylic acids is 1. The third-order valence-electron chi connectivity index (χ3n) is 2.52. The molecule has 0 spiro atoms. The number of nitrogens with two attached hydrogens (primary N) is 1. The molecule has 0 aliphatic heterocycles. The molecule has 1 rings (SSSR count). The van der Waals surface area contributed by atoms with Gasteiger partial charge in [0.25, 0.3) is 5.91 Å². The number of aromatic nitrogens is 2. The molecule has 18 heavy (non-hydrogen) atoms. The Labute approximate surface area is 102 Å². The highest BCUT2D eigenvalue weighted by Gasteiger charge is 2.33. The first kappa shape index (κ1) is 14.5. The summed E-state index contributed by atoms with van der Waals surface area (Å²) in [7, 11) is 1.61. The summed E-state index contributed by atoms with van der Waals surface area (Å²) < 4.78 is 38.5. The molecule has 0 saturated carbocycles. The van der Waals surface area contributed by atoms with Crippen LogP contribution in [0.15, 0.2) is 6.20 Å². The predicted octanol–water partition coefficient (Wildman–Crippen LogP) is 0.692. The van der Waals surface area contributed by atoms with Gasteiger partial charge in [-0.05, 0) is 6.92 Å². The van der Waals surface area contributed by atoms with Crippen LogP contribution in [0.25, 0.3) is 0 Å². The van der Waals surface area contributed by atoms with E-state index >= 15 is 0 Å². The van der Waals surface area contributed by atoms with Crippen LogP contribution in [-0.4, -0.2) is 46.4 Å². The summed E-state index contributed by atoms with van der Waals surface area (Å²) in [4.78, 5) is 12.6. The predicted molar refractivity (Wildman–Crippen MR) is 59.0 cm³/mol. The van der Waals surface area contributed by atoms with E-state index < -0.39 is 18.6 Å². The van der Waals surface area contributed by atoms with Crippen LogP contribution in [0.3, 0.4) is 0 Å². The Hall–Kier alpha value is -1.57. The first-order valence-corrected chi connectivity index (χ1v) is 5.31. The van der Waals surface area contributed by atoms with Crippen molar-refractivity contribution in [2.75, 3.05) is 19.6 Å². The highest BCUT2D eigenvalue weighted by atomic mass is 19.4.